The second kappa shape index (κ2) is 8.14. The highest BCUT2D eigenvalue weighted by Crippen LogP contribution is 2.26. The van der Waals surface area contributed by atoms with Crippen molar-refractivity contribution in [3.05, 3.63) is 52.8 Å². The summed E-state index contributed by atoms with van der Waals surface area (Å²) in [5, 5.41) is 14.0. The van der Waals surface area contributed by atoms with Gasteiger partial charge >= 0.3 is 5.97 Å². The zero-order valence-electron chi connectivity index (χ0n) is 15.8. The first-order chi connectivity index (χ1) is 13.6. The Morgan fingerprint density at radius 2 is 2.07 bits per heavy atom. The summed E-state index contributed by atoms with van der Waals surface area (Å²) < 4.78 is 7.16. The predicted octanol–water partition coefficient (Wildman–Crippen LogP) is 2.14. The summed E-state index contributed by atoms with van der Waals surface area (Å²) in [5.41, 5.74) is 2.98. The molecule has 1 aromatic carbocycles. The number of aromatic carboxylic acids is 1. The number of hydrogen-bond donors (Lipinski definition) is 1. The van der Waals surface area contributed by atoms with Gasteiger partial charge in [-0.1, -0.05) is 30.3 Å². The summed E-state index contributed by atoms with van der Waals surface area (Å²) in [4.78, 5) is 26.2. The van der Waals surface area contributed by atoms with Crippen molar-refractivity contribution >= 4 is 11.9 Å². The van der Waals surface area contributed by atoms with E-state index in [9.17, 15) is 14.7 Å². The van der Waals surface area contributed by atoms with Crippen LogP contribution in [-0.4, -0.2) is 51.4 Å². The minimum absolute atomic E-state index is 0.0660. The lowest BCUT2D eigenvalue weighted by atomic mass is 10.0. The van der Waals surface area contributed by atoms with Crippen LogP contribution in [0.25, 0.3) is 0 Å². The van der Waals surface area contributed by atoms with Gasteiger partial charge in [0.1, 0.15) is 0 Å². The first-order valence-corrected chi connectivity index (χ1v) is 9.86. The first kappa shape index (κ1) is 18.7. The lowest BCUT2D eigenvalue weighted by Crippen LogP contribution is -2.40. The van der Waals surface area contributed by atoms with E-state index < -0.39 is 5.97 Å². The molecule has 1 atom stereocenters. The lowest BCUT2D eigenvalue weighted by molar-refractivity contribution is -0.136. The minimum atomic E-state index is -1.03. The third kappa shape index (κ3) is 3.80. The fourth-order valence-corrected chi connectivity index (χ4v) is 4.10. The van der Waals surface area contributed by atoms with E-state index in [4.69, 9.17) is 4.74 Å². The molecule has 1 unspecified atom stereocenters. The molecule has 1 fully saturated rings. The van der Waals surface area contributed by atoms with Gasteiger partial charge in [0.25, 0.3) is 0 Å². The molecule has 0 radical (unpaired) electrons. The molecule has 2 aromatic rings. The summed E-state index contributed by atoms with van der Waals surface area (Å²) in [7, 11) is 0. The van der Waals surface area contributed by atoms with E-state index in [2.05, 4.69) is 17.2 Å². The van der Waals surface area contributed by atoms with Gasteiger partial charge in [-0.05, 0) is 24.8 Å². The van der Waals surface area contributed by atoms with Gasteiger partial charge in [0.15, 0.2) is 5.69 Å². The van der Waals surface area contributed by atoms with Crippen LogP contribution < -0.4 is 0 Å². The predicted molar refractivity (Wildman–Crippen MR) is 102 cm³/mol. The molecule has 1 amide bonds. The second-order valence-electron chi connectivity index (χ2n) is 7.46. The van der Waals surface area contributed by atoms with Gasteiger partial charge in [0, 0.05) is 43.9 Å². The standard InChI is InChI=1S/C21H25N3O4/c25-20(16-9-12-28-14-16)23-11-8-18-17(13-23)19(21(26)27)22-24(18)10-4-7-15-5-2-1-3-6-15/h1-3,5-6,16H,4,7-14H2,(H,26,27). The van der Waals surface area contributed by atoms with Crippen molar-refractivity contribution in [1.29, 1.82) is 0 Å². The van der Waals surface area contributed by atoms with Gasteiger partial charge in [-0.2, -0.15) is 5.10 Å². The lowest BCUT2D eigenvalue weighted by Gasteiger charge is -2.29. The van der Waals surface area contributed by atoms with Crippen LogP contribution in [0.4, 0.5) is 0 Å². The van der Waals surface area contributed by atoms with Gasteiger partial charge in [0.2, 0.25) is 5.91 Å². The zero-order valence-corrected chi connectivity index (χ0v) is 15.8. The number of carbonyl (C=O) groups excluding carboxylic acids is 1. The third-order valence-corrected chi connectivity index (χ3v) is 5.61. The van der Waals surface area contributed by atoms with E-state index in [-0.39, 0.29) is 17.5 Å². The van der Waals surface area contributed by atoms with Crippen molar-refractivity contribution in [1.82, 2.24) is 14.7 Å². The molecule has 7 nitrogen and oxygen atoms in total. The molecule has 1 N–H and O–H groups in total. The first-order valence-electron chi connectivity index (χ1n) is 9.86. The van der Waals surface area contributed by atoms with Crippen LogP contribution in [0.2, 0.25) is 0 Å². The molecule has 148 valence electrons. The van der Waals surface area contributed by atoms with Crippen LogP contribution in [-0.2, 0) is 35.5 Å². The molecule has 28 heavy (non-hydrogen) atoms. The van der Waals surface area contributed by atoms with Crippen LogP contribution in [0.15, 0.2) is 30.3 Å². The Balaban J connectivity index is 1.47. The molecule has 1 aromatic heterocycles. The Kier molecular flexibility index (Phi) is 5.43. The molecule has 0 bridgehead atoms. The number of benzene rings is 1. The molecular formula is C21H25N3O4. The Hall–Kier alpha value is -2.67. The number of carbonyl (C=O) groups is 2. The Morgan fingerprint density at radius 1 is 1.25 bits per heavy atom. The topological polar surface area (TPSA) is 84.7 Å². The van der Waals surface area contributed by atoms with E-state index in [1.165, 1.54) is 5.56 Å². The minimum Gasteiger partial charge on any atom is -0.476 e. The monoisotopic (exact) mass is 383 g/mol. The molecule has 2 aliphatic heterocycles. The molecule has 0 aliphatic carbocycles. The molecule has 0 saturated carbocycles. The van der Waals surface area contributed by atoms with Gasteiger partial charge in [-0.25, -0.2) is 4.79 Å². The average Bonchev–Trinajstić information content (AvgIpc) is 3.36. The summed E-state index contributed by atoms with van der Waals surface area (Å²) in [6, 6.07) is 10.2. The van der Waals surface area contributed by atoms with Crippen LogP contribution >= 0.6 is 0 Å². The smallest absolute Gasteiger partial charge is 0.356 e. The highest BCUT2D eigenvalue weighted by molar-refractivity contribution is 5.88. The van der Waals surface area contributed by atoms with Crippen molar-refractivity contribution < 1.29 is 19.4 Å². The molecule has 1 saturated heterocycles. The fraction of sp³-hybridized carbons (Fsp3) is 0.476. The number of aromatic nitrogens is 2. The van der Waals surface area contributed by atoms with Crippen molar-refractivity contribution in [3.63, 3.8) is 0 Å². The van der Waals surface area contributed by atoms with E-state index in [1.54, 1.807) is 4.90 Å². The number of rotatable bonds is 6. The highest BCUT2D eigenvalue weighted by atomic mass is 16.5. The molecule has 3 heterocycles. The number of carboxylic acid groups (broad SMARTS) is 1. The van der Waals surface area contributed by atoms with Gasteiger partial charge < -0.3 is 14.7 Å². The molecule has 2 aliphatic rings. The quantitative estimate of drug-likeness (QED) is 0.826. The van der Waals surface area contributed by atoms with Gasteiger partial charge in [-0.15, -0.1) is 0 Å². The summed E-state index contributed by atoms with van der Waals surface area (Å²) >= 11 is 0. The van der Waals surface area contributed by atoms with Crippen molar-refractivity contribution in [2.24, 2.45) is 5.92 Å². The Bertz CT molecular complexity index is 856. The highest BCUT2D eigenvalue weighted by Gasteiger charge is 2.33. The van der Waals surface area contributed by atoms with E-state index >= 15 is 0 Å². The van der Waals surface area contributed by atoms with Crippen molar-refractivity contribution in [2.45, 2.75) is 38.8 Å². The van der Waals surface area contributed by atoms with Crippen LogP contribution in [0.1, 0.15) is 40.2 Å². The zero-order chi connectivity index (χ0) is 19.5. The normalized spacial score (nSPS) is 18.9. The average molecular weight is 383 g/mol. The maximum absolute atomic E-state index is 12.7. The maximum Gasteiger partial charge on any atom is 0.356 e. The number of ether oxygens (including phenoxy) is 1. The molecule has 0 spiro atoms. The molecule has 4 rings (SSSR count). The van der Waals surface area contributed by atoms with E-state index in [1.807, 2.05) is 22.9 Å². The van der Waals surface area contributed by atoms with E-state index in [0.717, 1.165) is 25.0 Å². The van der Waals surface area contributed by atoms with Gasteiger partial charge in [-0.3, -0.25) is 9.48 Å². The summed E-state index contributed by atoms with van der Waals surface area (Å²) in [6.45, 7) is 2.69. The van der Waals surface area contributed by atoms with Crippen LogP contribution in [0, 0.1) is 5.92 Å². The third-order valence-electron chi connectivity index (χ3n) is 5.61. The van der Waals surface area contributed by atoms with Crippen LogP contribution in [0.3, 0.4) is 0 Å². The van der Waals surface area contributed by atoms with Crippen LogP contribution in [0.5, 0.6) is 0 Å². The molecular weight excluding hydrogens is 358 g/mol. The summed E-state index contributed by atoms with van der Waals surface area (Å²) in [6.07, 6.45) is 3.19. The van der Waals surface area contributed by atoms with Crippen molar-refractivity contribution in [3.8, 4) is 0 Å². The van der Waals surface area contributed by atoms with E-state index in [0.29, 0.717) is 44.8 Å². The number of nitrogens with zero attached hydrogens (tertiary/aromatic N) is 3. The van der Waals surface area contributed by atoms with Gasteiger partial charge in [0.05, 0.1) is 12.5 Å². The number of amides is 1. The van der Waals surface area contributed by atoms with Crippen molar-refractivity contribution in [2.75, 3.05) is 19.8 Å². The SMILES string of the molecule is O=C(O)c1nn(CCCc2ccccc2)c2c1CN(C(=O)C1CCOC1)CC2. The molecule has 7 heteroatoms. The Morgan fingerprint density at radius 3 is 2.79 bits per heavy atom. The number of carboxylic acids is 1. The summed E-state index contributed by atoms with van der Waals surface area (Å²) in [5.74, 6) is -1.07. The maximum atomic E-state index is 12.7. The second-order valence-corrected chi connectivity index (χ2v) is 7.46. The Labute approximate surface area is 163 Å². The number of hydrogen-bond acceptors (Lipinski definition) is 4. The fourth-order valence-electron chi connectivity index (χ4n) is 4.10. The largest absolute Gasteiger partial charge is 0.476 e. The number of aryl methyl sites for hydroxylation is 2. The number of fused-ring (bicyclic) bond motifs is 1.